The van der Waals surface area contributed by atoms with Gasteiger partial charge in [-0.2, -0.15) is 0 Å². The van der Waals surface area contributed by atoms with Crippen molar-refractivity contribution in [3.63, 3.8) is 0 Å². The predicted octanol–water partition coefficient (Wildman–Crippen LogP) is 20.2. The van der Waals surface area contributed by atoms with Crippen molar-refractivity contribution in [2.45, 2.75) is 89.9 Å². The van der Waals surface area contributed by atoms with Crippen molar-refractivity contribution >= 4 is 111 Å². The van der Waals surface area contributed by atoms with Crippen LogP contribution in [0.1, 0.15) is 98.3 Å². The summed E-state index contributed by atoms with van der Waals surface area (Å²) in [5.41, 5.74) is 16.5. The summed E-state index contributed by atoms with van der Waals surface area (Å²) in [6.45, 7) is 4.43. The fourth-order valence-electron chi connectivity index (χ4n) is 12.9. The summed E-state index contributed by atoms with van der Waals surface area (Å²) < 4.78 is 22.1. The first-order valence-electron chi connectivity index (χ1n) is 26.1. The van der Waals surface area contributed by atoms with Crippen LogP contribution in [0.4, 0.5) is 34.1 Å². The lowest BCUT2D eigenvalue weighted by molar-refractivity contribution is 0.442. The second kappa shape index (κ2) is 17.0. The highest BCUT2D eigenvalue weighted by Crippen LogP contribution is 2.57. The van der Waals surface area contributed by atoms with Gasteiger partial charge in [0.2, 0.25) is 0 Å². The third kappa shape index (κ3) is 6.65. The van der Waals surface area contributed by atoms with Gasteiger partial charge >= 0.3 is 0 Å². The van der Waals surface area contributed by atoms with E-state index < -0.39 is 0 Å². The Morgan fingerprint density at radius 1 is 0.324 bits per heavy atom. The second-order valence-electron chi connectivity index (χ2n) is 20.4. The molecule has 0 aliphatic heterocycles. The Bertz CT molecular complexity index is 4030. The lowest BCUT2D eigenvalue weighted by Crippen LogP contribution is -2.15. The number of furan rings is 3. The van der Waals surface area contributed by atoms with Crippen molar-refractivity contribution in [3.8, 4) is 0 Å². The number of hydrogen-bond acceptors (Lipinski definition) is 5. The fourth-order valence-corrected chi connectivity index (χ4v) is 12.9. The van der Waals surface area contributed by atoms with Crippen LogP contribution in [0.2, 0.25) is 0 Å². The molecule has 12 aromatic rings. The Balaban J connectivity index is 1.09. The number of hydrogen-bond donors (Lipinski definition) is 0. The van der Waals surface area contributed by atoms with Gasteiger partial charge in [0.05, 0.1) is 28.1 Å². The molecular formula is C66H56N2O3. The van der Waals surface area contributed by atoms with Crippen LogP contribution in [-0.2, 0) is 0 Å². The Morgan fingerprint density at radius 3 is 1.24 bits per heavy atom. The SMILES string of the molecule is Cc1ccccc1N(c1cccc2c1oc1c(C3CCCCC3)cccc12)c1c2ccccc2c(N(c2ccccc2C)c2cccc3c2oc2c(C4CCCCC4)cccc23)c2c1oc1ccccc12. The number of fused-ring (bicyclic) bond motifs is 10. The average Bonchev–Trinajstić information content (AvgIpc) is 4.14. The van der Waals surface area contributed by atoms with E-state index in [4.69, 9.17) is 13.3 Å². The van der Waals surface area contributed by atoms with Gasteiger partial charge in [-0.1, -0.05) is 178 Å². The number of para-hydroxylation sites is 7. The monoisotopic (exact) mass is 924 g/mol. The Morgan fingerprint density at radius 2 is 0.718 bits per heavy atom. The van der Waals surface area contributed by atoms with Crippen molar-refractivity contribution in [2.75, 3.05) is 9.80 Å². The van der Waals surface area contributed by atoms with Gasteiger partial charge in [-0.25, -0.2) is 0 Å². The third-order valence-corrected chi connectivity index (χ3v) is 16.3. The van der Waals surface area contributed by atoms with Crippen molar-refractivity contribution in [3.05, 3.63) is 192 Å². The van der Waals surface area contributed by atoms with Gasteiger partial charge < -0.3 is 23.1 Å². The maximum Gasteiger partial charge on any atom is 0.162 e. The van der Waals surface area contributed by atoms with E-state index in [1.165, 1.54) is 86.1 Å². The molecule has 0 amide bonds. The van der Waals surface area contributed by atoms with E-state index in [2.05, 4.69) is 194 Å². The molecule has 348 valence electrons. The average molecular weight is 925 g/mol. The molecule has 0 N–H and O–H groups in total. The van der Waals surface area contributed by atoms with Crippen LogP contribution in [0, 0.1) is 13.8 Å². The van der Waals surface area contributed by atoms with Crippen molar-refractivity contribution in [1.29, 1.82) is 0 Å². The highest BCUT2D eigenvalue weighted by atomic mass is 16.3. The molecule has 0 unspecified atom stereocenters. The zero-order valence-corrected chi connectivity index (χ0v) is 40.5. The number of benzene rings is 9. The van der Waals surface area contributed by atoms with Crippen LogP contribution in [0.3, 0.4) is 0 Å². The van der Waals surface area contributed by atoms with E-state index in [1.807, 2.05) is 0 Å². The lowest BCUT2D eigenvalue weighted by atomic mass is 9.83. The minimum absolute atomic E-state index is 0.496. The molecule has 0 radical (unpaired) electrons. The topological polar surface area (TPSA) is 45.9 Å². The maximum atomic E-state index is 7.41. The number of anilines is 6. The molecule has 9 aromatic carbocycles. The van der Waals surface area contributed by atoms with Crippen molar-refractivity contribution in [1.82, 2.24) is 0 Å². The molecule has 5 nitrogen and oxygen atoms in total. The van der Waals surface area contributed by atoms with E-state index in [-0.39, 0.29) is 0 Å². The van der Waals surface area contributed by atoms with Crippen LogP contribution in [0.5, 0.6) is 0 Å². The summed E-state index contributed by atoms with van der Waals surface area (Å²) in [7, 11) is 0. The summed E-state index contributed by atoms with van der Waals surface area (Å²) in [6, 6.07) is 62.0. The Labute approximate surface area is 413 Å². The molecule has 14 rings (SSSR count). The Kier molecular flexibility index (Phi) is 10.1. The fraction of sp³-hybridized carbons (Fsp3) is 0.212. The van der Waals surface area contributed by atoms with Gasteiger partial charge in [0.15, 0.2) is 16.7 Å². The van der Waals surface area contributed by atoms with E-state index >= 15 is 0 Å². The zero-order valence-electron chi connectivity index (χ0n) is 40.5. The molecule has 0 spiro atoms. The van der Waals surface area contributed by atoms with Gasteiger partial charge in [-0.3, -0.25) is 0 Å². The van der Waals surface area contributed by atoms with E-state index in [9.17, 15) is 0 Å². The van der Waals surface area contributed by atoms with Crippen LogP contribution >= 0.6 is 0 Å². The highest BCUT2D eigenvalue weighted by molar-refractivity contribution is 6.29. The van der Waals surface area contributed by atoms with Gasteiger partial charge in [0.1, 0.15) is 16.7 Å². The number of nitrogens with zero attached hydrogens (tertiary/aromatic N) is 2. The summed E-state index contributed by atoms with van der Waals surface area (Å²) in [5.74, 6) is 0.994. The Hall–Kier alpha value is -7.76. The molecule has 0 atom stereocenters. The summed E-state index contributed by atoms with van der Waals surface area (Å²) in [5, 5.41) is 8.81. The van der Waals surface area contributed by atoms with Crippen LogP contribution in [0.15, 0.2) is 183 Å². The third-order valence-electron chi connectivity index (χ3n) is 16.3. The maximum absolute atomic E-state index is 7.41. The van der Waals surface area contributed by atoms with E-state index in [0.29, 0.717) is 11.8 Å². The standard InChI is InChI=1S/C66H56N2O3/c1-41-21-9-14-36-54(41)67(56-38-19-34-51-49-32-17-30-45(62(49)70-64(51)56)43-23-5-3-6-24-43)60-47-27-11-12-28-48(47)61(66-59(60)53-29-13-16-40-58(53)69-66)68(55-37-15-10-22-42(55)2)57-39-20-35-52-50-33-18-31-46(63(50)71-65(52)57)44-25-7-4-8-26-44/h9-22,27-40,43-44H,3-8,23-26H2,1-2H3. The normalized spacial score (nSPS) is 15.1. The second-order valence-corrected chi connectivity index (χ2v) is 20.4. The van der Waals surface area contributed by atoms with Gasteiger partial charge in [-0.05, 0) is 104 Å². The van der Waals surface area contributed by atoms with E-state index in [1.54, 1.807) is 0 Å². The van der Waals surface area contributed by atoms with E-state index in [0.717, 1.165) is 111 Å². The molecular weight excluding hydrogens is 869 g/mol. The first kappa shape index (κ1) is 42.1. The number of rotatable bonds is 8. The van der Waals surface area contributed by atoms with Crippen molar-refractivity contribution in [2.24, 2.45) is 0 Å². The largest absolute Gasteiger partial charge is 0.454 e. The molecule has 3 aromatic heterocycles. The zero-order chi connectivity index (χ0) is 47.2. The molecule has 2 aliphatic rings. The summed E-state index contributed by atoms with van der Waals surface area (Å²) in [4.78, 5) is 4.91. The molecule has 2 saturated carbocycles. The molecule has 5 heteroatoms. The van der Waals surface area contributed by atoms with Crippen LogP contribution in [0.25, 0.3) is 76.6 Å². The van der Waals surface area contributed by atoms with Crippen molar-refractivity contribution < 1.29 is 13.3 Å². The van der Waals surface area contributed by atoms with Gasteiger partial charge in [0.25, 0.3) is 0 Å². The minimum Gasteiger partial charge on any atom is -0.454 e. The quantitative estimate of drug-likeness (QED) is 0.142. The van der Waals surface area contributed by atoms with Crippen LogP contribution < -0.4 is 9.80 Å². The molecule has 0 saturated heterocycles. The molecule has 2 fully saturated rings. The predicted molar refractivity (Wildman–Crippen MR) is 296 cm³/mol. The lowest BCUT2D eigenvalue weighted by Gasteiger charge is -2.32. The molecule has 3 heterocycles. The minimum atomic E-state index is 0.496. The highest BCUT2D eigenvalue weighted by Gasteiger charge is 2.33. The number of aryl methyl sites for hydroxylation is 2. The molecule has 71 heavy (non-hydrogen) atoms. The van der Waals surface area contributed by atoms with Gasteiger partial charge in [0, 0.05) is 49.1 Å². The summed E-state index contributed by atoms with van der Waals surface area (Å²) >= 11 is 0. The molecule has 0 bridgehead atoms. The smallest absolute Gasteiger partial charge is 0.162 e. The summed E-state index contributed by atoms with van der Waals surface area (Å²) in [6.07, 6.45) is 12.5. The van der Waals surface area contributed by atoms with Crippen LogP contribution in [-0.4, -0.2) is 0 Å². The van der Waals surface area contributed by atoms with Gasteiger partial charge in [-0.15, -0.1) is 0 Å². The molecule has 2 aliphatic carbocycles. The first-order valence-corrected chi connectivity index (χ1v) is 26.1. The first-order chi connectivity index (χ1) is 35.1.